The quantitative estimate of drug-likeness (QED) is 0.135. The van der Waals surface area contributed by atoms with Gasteiger partial charge >= 0.3 is 12.1 Å². The summed E-state index contributed by atoms with van der Waals surface area (Å²) in [5.74, 6) is -0.0544. The lowest BCUT2D eigenvalue weighted by atomic mass is 9.79. The van der Waals surface area contributed by atoms with Gasteiger partial charge in [-0.15, -0.1) is 35.3 Å². The number of hydrogen-bond donors (Lipinski definition) is 1. The van der Waals surface area contributed by atoms with Gasteiger partial charge in [0.1, 0.15) is 18.9 Å². The van der Waals surface area contributed by atoms with E-state index in [9.17, 15) is 39.7 Å². The van der Waals surface area contributed by atoms with Crippen LogP contribution in [0.5, 0.6) is 0 Å². The number of likely N-dealkylation sites (tertiary alicyclic amines) is 1. The van der Waals surface area contributed by atoms with Crippen LogP contribution in [0.15, 0.2) is 59.1 Å². The lowest BCUT2D eigenvalue weighted by Crippen LogP contribution is -2.63. The van der Waals surface area contributed by atoms with Gasteiger partial charge in [0.2, 0.25) is 5.91 Å². The largest absolute Gasteiger partial charge is 0.456 e. The summed E-state index contributed by atoms with van der Waals surface area (Å²) in [4.78, 5) is 65.5. The fourth-order valence-corrected chi connectivity index (χ4v) is 11.6. The number of ether oxygens (including phenoxy) is 2. The Morgan fingerprint density at radius 3 is 2.08 bits per heavy atom. The number of carbonyl (C=O) groups excluding carboxylic acids is 3. The molecule has 266 valence electrons. The van der Waals surface area contributed by atoms with Crippen LogP contribution in [0.2, 0.25) is 0 Å². The molecule has 17 heteroatoms. The van der Waals surface area contributed by atoms with Crippen LogP contribution in [0.25, 0.3) is 0 Å². The van der Waals surface area contributed by atoms with Crippen molar-refractivity contribution < 1.29 is 38.8 Å². The van der Waals surface area contributed by atoms with Crippen molar-refractivity contribution in [1.82, 2.24) is 9.80 Å². The van der Waals surface area contributed by atoms with Gasteiger partial charge in [-0.2, -0.15) is 0 Å². The highest BCUT2D eigenvalue weighted by Crippen LogP contribution is 2.53. The number of aliphatic hydroxyl groups excluding tert-OH is 1. The minimum atomic E-state index is -0.912. The van der Waals surface area contributed by atoms with Gasteiger partial charge in [-0.3, -0.25) is 25.0 Å². The minimum absolute atomic E-state index is 0.0464. The maximum Gasteiger partial charge on any atom is 0.410 e. The molecule has 14 nitrogen and oxygen atoms in total. The predicted molar refractivity (Wildman–Crippen MR) is 188 cm³/mol. The van der Waals surface area contributed by atoms with E-state index >= 15 is 0 Å². The van der Waals surface area contributed by atoms with Crippen LogP contribution >= 0.6 is 35.3 Å². The van der Waals surface area contributed by atoms with E-state index in [2.05, 4.69) is 0 Å². The first-order valence-corrected chi connectivity index (χ1v) is 19.1. The second-order valence-electron chi connectivity index (χ2n) is 12.6. The second-order valence-corrected chi connectivity index (χ2v) is 16.7. The molecule has 6 atom stereocenters. The summed E-state index contributed by atoms with van der Waals surface area (Å²) in [5.41, 5.74) is 1.15. The van der Waals surface area contributed by atoms with E-state index in [0.717, 1.165) is 17.9 Å². The van der Waals surface area contributed by atoms with Crippen LogP contribution in [-0.4, -0.2) is 88.8 Å². The standard InChI is InChI=1S/C33H36N4O10S3/c1-18-27-26(19(2)38)30(39)35(27)28(31(40)46-16-20-4-8-22(9-5-20)36(42)43)29(18)50-24-14-25(32-48-12-3-13-49-32)34(15-24)33(41)47-17-21-6-10-23(11-7-21)37(44)45/h4-11,18-19,24-27,32,38H,3,12-17H2,1-2H3/t18-,19-,24+,25+,26-,27-/m1/s1. The number of amides is 2. The van der Waals surface area contributed by atoms with E-state index in [4.69, 9.17) is 9.47 Å². The zero-order valence-electron chi connectivity index (χ0n) is 27.2. The van der Waals surface area contributed by atoms with E-state index in [1.165, 1.54) is 53.1 Å². The lowest BCUT2D eigenvalue weighted by molar-refractivity contribution is -0.385. The fraction of sp³-hybridized carbons (Fsp3) is 0.485. The van der Waals surface area contributed by atoms with Gasteiger partial charge in [0.15, 0.2) is 0 Å². The fourth-order valence-electron chi connectivity index (χ4n) is 6.83. The van der Waals surface area contributed by atoms with Crippen LogP contribution in [0.1, 0.15) is 37.8 Å². The van der Waals surface area contributed by atoms with Crippen molar-refractivity contribution in [1.29, 1.82) is 0 Å². The van der Waals surface area contributed by atoms with Crippen molar-refractivity contribution in [3.8, 4) is 0 Å². The predicted octanol–water partition coefficient (Wildman–Crippen LogP) is 5.32. The summed E-state index contributed by atoms with van der Waals surface area (Å²) < 4.78 is 11.5. The zero-order chi connectivity index (χ0) is 35.7. The Balaban J connectivity index is 1.21. The van der Waals surface area contributed by atoms with Crippen LogP contribution in [0, 0.1) is 32.1 Å². The topological polar surface area (TPSA) is 183 Å². The number of hydrogen-bond acceptors (Lipinski definition) is 13. The molecule has 0 unspecified atom stereocenters. The Morgan fingerprint density at radius 2 is 1.54 bits per heavy atom. The van der Waals surface area contributed by atoms with E-state index in [-0.39, 0.29) is 58.0 Å². The molecule has 0 radical (unpaired) electrons. The molecule has 1 N–H and O–H groups in total. The monoisotopic (exact) mass is 744 g/mol. The number of fused-ring (bicyclic) bond motifs is 1. The number of carbonyl (C=O) groups is 3. The third-order valence-electron chi connectivity index (χ3n) is 9.33. The van der Waals surface area contributed by atoms with Crippen molar-refractivity contribution in [3.63, 3.8) is 0 Å². The number of nitro benzene ring substituents is 2. The van der Waals surface area contributed by atoms with Gasteiger partial charge in [-0.05, 0) is 66.7 Å². The summed E-state index contributed by atoms with van der Waals surface area (Å²) in [7, 11) is 0. The molecule has 0 aliphatic carbocycles. The molecule has 0 spiro atoms. The molecule has 2 aromatic rings. The second kappa shape index (κ2) is 15.2. The number of non-ortho nitro benzene ring substituents is 2. The Hall–Kier alpha value is -3.80. The normalized spacial score (nSPS) is 25.6. The van der Waals surface area contributed by atoms with Crippen molar-refractivity contribution in [2.45, 2.75) is 67.9 Å². The number of β-lactam (4-membered cyclic amide) rings is 1. The molecular weight excluding hydrogens is 709 g/mol. The third-order valence-corrected chi connectivity index (χ3v) is 14.0. The number of nitro groups is 2. The first kappa shape index (κ1) is 36.0. The lowest BCUT2D eigenvalue weighted by Gasteiger charge is -2.46. The summed E-state index contributed by atoms with van der Waals surface area (Å²) in [6, 6.07) is 10.9. The van der Waals surface area contributed by atoms with Crippen LogP contribution in [0.4, 0.5) is 16.2 Å². The van der Waals surface area contributed by atoms with Crippen molar-refractivity contribution in [2.24, 2.45) is 11.8 Å². The van der Waals surface area contributed by atoms with Gasteiger partial charge in [0.05, 0.1) is 38.5 Å². The first-order chi connectivity index (χ1) is 23.9. The SMILES string of the molecule is C[C@@H](O)[C@H]1C(=O)N2C(C(=O)OCc3ccc([N+](=O)[O-])cc3)=C(S[C@H]3C[C@@H](C4SCCCS4)N(C(=O)OCc4ccc([N+](=O)[O-])cc4)C3)[C@H](C)[C@H]12. The van der Waals surface area contributed by atoms with E-state index < -0.39 is 40.0 Å². The molecule has 4 aliphatic heterocycles. The number of nitrogens with zero attached hydrogens (tertiary/aromatic N) is 4. The minimum Gasteiger partial charge on any atom is -0.456 e. The molecule has 0 saturated carbocycles. The number of thioether (sulfide) groups is 3. The number of rotatable bonds is 11. The van der Waals surface area contributed by atoms with Crippen LogP contribution < -0.4 is 0 Å². The van der Waals surface area contributed by atoms with E-state index in [1.807, 2.05) is 30.4 Å². The summed E-state index contributed by atoms with van der Waals surface area (Å²) in [6.07, 6.45) is 0.298. The van der Waals surface area contributed by atoms with Gasteiger partial charge in [0.25, 0.3) is 11.4 Å². The summed E-state index contributed by atoms with van der Waals surface area (Å²) in [5, 5.41) is 32.4. The van der Waals surface area contributed by atoms with Gasteiger partial charge in [0, 0.05) is 46.9 Å². The van der Waals surface area contributed by atoms with Crippen molar-refractivity contribution in [2.75, 3.05) is 18.1 Å². The zero-order valence-corrected chi connectivity index (χ0v) is 29.7. The average Bonchev–Trinajstić information content (AvgIpc) is 3.63. The number of esters is 1. The van der Waals surface area contributed by atoms with Gasteiger partial charge in [-0.25, -0.2) is 9.59 Å². The molecule has 50 heavy (non-hydrogen) atoms. The molecule has 2 amide bonds. The maximum atomic E-state index is 13.7. The van der Waals surface area contributed by atoms with Crippen LogP contribution in [-0.2, 0) is 32.3 Å². The molecule has 3 fully saturated rings. The molecule has 6 rings (SSSR count). The Labute approximate surface area is 300 Å². The highest BCUT2D eigenvalue weighted by molar-refractivity contribution is 8.17. The third kappa shape index (κ3) is 7.31. The highest BCUT2D eigenvalue weighted by Gasteiger charge is 2.60. The molecule has 3 saturated heterocycles. The molecular formula is C33H36N4O10S3. The molecule has 0 bridgehead atoms. The average molecular weight is 745 g/mol. The smallest absolute Gasteiger partial charge is 0.410 e. The Kier molecular flexibility index (Phi) is 11.0. The van der Waals surface area contributed by atoms with Gasteiger partial charge in [-0.1, -0.05) is 6.92 Å². The molecule has 2 aromatic carbocycles. The molecule has 4 heterocycles. The number of benzene rings is 2. The van der Waals surface area contributed by atoms with Crippen molar-refractivity contribution >= 4 is 64.6 Å². The number of aliphatic hydroxyl groups is 1. The highest BCUT2D eigenvalue weighted by atomic mass is 32.2. The van der Waals surface area contributed by atoms with Crippen molar-refractivity contribution in [3.05, 3.63) is 90.5 Å². The van der Waals surface area contributed by atoms with E-state index in [1.54, 1.807) is 24.0 Å². The summed E-state index contributed by atoms with van der Waals surface area (Å²) in [6.45, 7) is 3.62. The molecule has 0 aromatic heterocycles. The van der Waals surface area contributed by atoms with E-state index in [0.29, 0.717) is 29.0 Å². The first-order valence-electron chi connectivity index (χ1n) is 16.2. The van der Waals surface area contributed by atoms with Gasteiger partial charge < -0.3 is 24.4 Å². The maximum absolute atomic E-state index is 13.7. The summed E-state index contributed by atoms with van der Waals surface area (Å²) >= 11 is 5.07. The van der Waals surface area contributed by atoms with Crippen LogP contribution in [0.3, 0.4) is 0 Å². The Bertz CT molecular complexity index is 1680. The Morgan fingerprint density at radius 1 is 0.980 bits per heavy atom. The molecule has 4 aliphatic rings.